The van der Waals surface area contributed by atoms with E-state index in [0.29, 0.717) is 0 Å². The first-order valence-corrected chi connectivity index (χ1v) is 8.10. The number of nitrogens with zero attached hydrogens (tertiary/aromatic N) is 2. The Morgan fingerprint density at radius 1 is 1.16 bits per heavy atom. The summed E-state index contributed by atoms with van der Waals surface area (Å²) in [7, 11) is 0. The van der Waals surface area contributed by atoms with Crippen LogP contribution in [0, 0.1) is 6.92 Å². The van der Waals surface area contributed by atoms with Gasteiger partial charge in [-0.25, -0.2) is 9.97 Å². The molecule has 1 rings (SSSR count). The van der Waals surface area contributed by atoms with Crippen LogP contribution < -0.4 is 5.32 Å². The van der Waals surface area contributed by atoms with Crippen LogP contribution in [0.1, 0.15) is 58.1 Å². The Morgan fingerprint density at radius 2 is 1.84 bits per heavy atom. The van der Waals surface area contributed by atoms with Crippen LogP contribution >= 0.6 is 11.8 Å². The molecule has 0 aromatic carbocycles. The summed E-state index contributed by atoms with van der Waals surface area (Å²) in [6.07, 6.45) is 2.09. The van der Waals surface area contributed by atoms with Gasteiger partial charge in [-0.1, -0.05) is 34.6 Å². The van der Waals surface area contributed by atoms with Gasteiger partial charge in [-0.15, -0.1) is 11.8 Å². The summed E-state index contributed by atoms with van der Waals surface area (Å²) < 4.78 is 0.248. The highest BCUT2D eigenvalue weighted by Gasteiger charge is 2.14. The predicted molar refractivity (Wildman–Crippen MR) is 86.0 cm³/mol. The molecule has 0 aliphatic carbocycles. The average Bonchev–Trinajstić information content (AvgIpc) is 2.32. The Morgan fingerprint density at radius 3 is 2.37 bits per heavy atom. The van der Waals surface area contributed by atoms with Crippen molar-refractivity contribution in [3.8, 4) is 0 Å². The van der Waals surface area contributed by atoms with Crippen LogP contribution in [0.5, 0.6) is 0 Å². The predicted octanol–water partition coefficient (Wildman–Crippen LogP) is 4.20. The van der Waals surface area contributed by atoms with Crippen LogP contribution in [-0.2, 0) is 12.2 Å². The summed E-state index contributed by atoms with van der Waals surface area (Å²) >= 11 is 1.89. The van der Waals surface area contributed by atoms with Crippen LogP contribution in [0.2, 0.25) is 0 Å². The summed E-state index contributed by atoms with van der Waals surface area (Å²) in [5.74, 6) is 2.84. The fourth-order valence-corrected chi connectivity index (χ4v) is 2.50. The summed E-state index contributed by atoms with van der Waals surface area (Å²) in [6, 6.07) is 0. The van der Waals surface area contributed by atoms with Crippen LogP contribution in [0.15, 0.2) is 0 Å². The van der Waals surface area contributed by atoms with E-state index in [-0.39, 0.29) is 4.75 Å². The molecular weight excluding hydrogens is 254 g/mol. The Hall–Kier alpha value is -0.770. The maximum absolute atomic E-state index is 4.70. The van der Waals surface area contributed by atoms with Crippen molar-refractivity contribution in [2.24, 2.45) is 0 Å². The number of anilines is 1. The molecule has 0 atom stereocenters. The van der Waals surface area contributed by atoms with Gasteiger partial charge in [0, 0.05) is 22.5 Å². The largest absolute Gasteiger partial charge is 0.370 e. The van der Waals surface area contributed by atoms with E-state index < -0.39 is 0 Å². The van der Waals surface area contributed by atoms with Gasteiger partial charge in [-0.2, -0.15) is 0 Å². The topological polar surface area (TPSA) is 37.8 Å². The third-order valence-electron chi connectivity index (χ3n) is 2.79. The lowest BCUT2D eigenvalue weighted by molar-refractivity contribution is 0.799. The van der Waals surface area contributed by atoms with Crippen molar-refractivity contribution in [1.29, 1.82) is 0 Å². The monoisotopic (exact) mass is 281 g/mol. The Balaban J connectivity index is 2.91. The fourth-order valence-electron chi connectivity index (χ4n) is 1.81. The normalized spacial score (nSPS) is 11.7. The lowest BCUT2D eigenvalue weighted by Gasteiger charge is -2.18. The van der Waals surface area contributed by atoms with Gasteiger partial charge in [0.05, 0.1) is 5.75 Å². The molecule has 1 heterocycles. The number of hydrogen-bond acceptors (Lipinski definition) is 4. The number of aryl methyl sites for hydroxylation is 1. The SMILES string of the molecule is CCCNc1nc(CSC(C)(C)C)nc(C)c1CC. The highest BCUT2D eigenvalue weighted by Crippen LogP contribution is 2.27. The van der Waals surface area contributed by atoms with Crippen molar-refractivity contribution in [1.82, 2.24) is 9.97 Å². The average molecular weight is 281 g/mol. The smallest absolute Gasteiger partial charge is 0.140 e. The van der Waals surface area contributed by atoms with Gasteiger partial charge in [0.15, 0.2) is 0 Å². The maximum atomic E-state index is 4.70. The second-order valence-electron chi connectivity index (χ2n) is 5.73. The minimum atomic E-state index is 0.248. The van der Waals surface area contributed by atoms with Gasteiger partial charge in [-0.05, 0) is 19.8 Å². The van der Waals surface area contributed by atoms with Crippen LogP contribution in [-0.4, -0.2) is 21.3 Å². The van der Waals surface area contributed by atoms with E-state index in [1.807, 2.05) is 11.8 Å². The van der Waals surface area contributed by atoms with E-state index in [2.05, 4.69) is 51.8 Å². The lowest BCUT2D eigenvalue weighted by atomic mass is 10.1. The molecular formula is C15H27N3S. The van der Waals surface area contributed by atoms with Crippen molar-refractivity contribution in [3.05, 3.63) is 17.1 Å². The quantitative estimate of drug-likeness (QED) is 0.848. The highest BCUT2D eigenvalue weighted by atomic mass is 32.2. The fraction of sp³-hybridized carbons (Fsp3) is 0.733. The van der Waals surface area contributed by atoms with Gasteiger partial charge in [0.25, 0.3) is 0 Å². The molecule has 0 bridgehead atoms. The Kier molecular flexibility index (Phi) is 6.11. The van der Waals surface area contributed by atoms with Crippen LogP contribution in [0.25, 0.3) is 0 Å². The summed E-state index contributed by atoms with van der Waals surface area (Å²) in [5, 5.41) is 3.43. The zero-order valence-electron chi connectivity index (χ0n) is 13.1. The molecule has 0 radical (unpaired) electrons. The van der Waals surface area contributed by atoms with Gasteiger partial charge in [0.2, 0.25) is 0 Å². The zero-order valence-corrected chi connectivity index (χ0v) is 13.9. The van der Waals surface area contributed by atoms with Gasteiger partial charge < -0.3 is 5.32 Å². The molecule has 0 saturated heterocycles. The first-order valence-electron chi connectivity index (χ1n) is 7.11. The second kappa shape index (κ2) is 7.13. The van der Waals surface area contributed by atoms with Crippen molar-refractivity contribution < 1.29 is 0 Å². The Labute approximate surface area is 122 Å². The third kappa shape index (κ3) is 5.39. The molecule has 0 amide bonds. The van der Waals surface area contributed by atoms with E-state index in [0.717, 1.165) is 42.5 Å². The van der Waals surface area contributed by atoms with E-state index in [1.165, 1.54) is 5.56 Å². The minimum Gasteiger partial charge on any atom is -0.370 e. The van der Waals surface area contributed by atoms with E-state index in [1.54, 1.807) is 0 Å². The second-order valence-corrected chi connectivity index (χ2v) is 7.54. The number of thioether (sulfide) groups is 1. The van der Waals surface area contributed by atoms with Gasteiger partial charge in [-0.3, -0.25) is 0 Å². The molecule has 0 aliphatic rings. The van der Waals surface area contributed by atoms with Crippen molar-refractivity contribution in [3.63, 3.8) is 0 Å². The molecule has 0 unspecified atom stereocenters. The van der Waals surface area contributed by atoms with Crippen molar-refractivity contribution >= 4 is 17.6 Å². The zero-order chi connectivity index (χ0) is 14.5. The molecule has 1 aromatic rings. The number of aromatic nitrogens is 2. The maximum Gasteiger partial charge on any atom is 0.140 e. The number of rotatable bonds is 6. The summed E-state index contributed by atoms with van der Waals surface area (Å²) in [4.78, 5) is 9.35. The van der Waals surface area contributed by atoms with E-state index >= 15 is 0 Å². The molecule has 1 aromatic heterocycles. The standard InChI is InChI=1S/C15H27N3S/c1-7-9-16-14-12(8-2)11(3)17-13(18-14)10-19-15(4,5)6/h7-10H2,1-6H3,(H,16,17,18). The molecule has 0 saturated carbocycles. The van der Waals surface area contributed by atoms with Crippen molar-refractivity contribution in [2.45, 2.75) is 64.9 Å². The van der Waals surface area contributed by atoms with E-state index in [4.69, 9.17) is 4.98 Å². The van der Waals surface area contributed by atoms with Gasteiger partial charge >= 0.3 is 0 Å². The lowest BCUT2D eigenvalue weighted by Crippen LogP contribution is -2.12. The summed E-state index contributed by atoms with van der Waals surface area (Å²) in [5.41, 5.74) is 2.36. The van der Waals surface area contributed by atoms with E-state index in [9.17, 15) is 0 Å². The Bertz CT molecular complexity index is 411. The molecule has 3 nitrogen and oxygen atoms in total. The number of hydrogen-bond donors (Lipinski definition) is 1. The molecule has 0 aliphatic heterocycles. The summed E-state index contributed by atoms with van der Waals surface area (Å²) in [6.45, 7) is 14.1. The molecule has 19 heavy (non-hydrogen) atoms. The molecule has 4 heteroatoms. The molecule has 0 fully saturated rings. The highest BCUT2D eigenvalue weighted by molar-refractivity contribution is 7.99. The molecule has 0 spiro atoms. The number of nitrogens with one attached hydrogen (secondary N) is 1. The van der Waals surface area contributed by atoms with Crippen LogP contribution in [0.3, 0.4) is 0 Å². The van der Waals surface area contributed by atoms with Crippen LogP contribution in [0.4, 0.5) is 5.82 Å². The first-order chi connectivity index (χ1) is 8.87. The third-order valence-corrected chi connectivity index (χ3v) is 4.06. The van der Waals surface area contributed by atoms with Crippen molar-refractivity contribution in [2.75, 3.05) is 11.9 Å². The molecule has 1 N–H and O–H groups in total. The minimum absolute atomic E-state index is 0.248. The molecule has 108 valence electrons. The first kappa shape index (κ1) is 16.3. The van der Waals surface area contributed by atoms with Gasteiger partial charge in [0.1, 0.15) is 11.6 Å².